The summed E-state index contributed by atoms with van der Waals surface area (Å²) in [6.07, 6.45) is 2.96. The minimum Gasteiger partial charge on any atom is -0.368 e. The van der Waals surface area contributed by atoms with Crippen LogP contribution in [0.3, 0.4) is 0 Å². The number of carbonyl (C=O) groups is 2. The van der Waals surface area contributed by atoms with Gasteiger partial charge < -0.3 is 15.0 Å². The molecule has 2 aliphatic rings. The maximum absolute atomic E-state index is 13.0. The van der Waals surface area contributed by atoms with Crippen molar-refractivity contribution in [1.82, 2.24) is 10.3 Å². The van der Waals surface area contributed by atoms with E-state index in [4.69, 9.17) is 9.72 Å². The Morgan fingerprint density at radius 2 is 2.00 bits per heavy atom. The Labute approximate surface area is 169 Å². The van der Waals surface area contributed by atoms with E-state index in [1.807, 2.05) is 19.1 Å². The van der Waals surface area contributed by atoms with Gasteiger partial charge in [0.1, 0.15) is 11.9 Å². The molecule has 3 heterocycles. The number of aryl methyl sites for hydroxylation is 1. The highest BCUT2D eigenvalue weighted by atomic mass is 19.1. The van der Waals surface area contributed by atoms with Gasteiger partial charge in [0.15, 0.2) is 0 Å². The number of carbonyl (C=O) groups excluding carboxylic acids is 2. The van der Waals surface area contributed by atoms with Crippen LogP contribution in [0.1, 0.15) is 54.0 Å². The summed E-state index contributed by atoms with van der Waals surface area (Å²) in [5.74, 6) is -0.657. The summed E-state index contributed by atoms with van der Waals surface area (Å²) in [6, 6.07) is 8.85. The topological polar surface area (TPSA) is 71.5 Å². The molecule has 0 radical (unpaired) electrons. The molecule has 0 saturated carbocycles. The van der Waals surface area contributed by atoms with Crippen molar-refractivity contribution >= 4 is 17.5 Å². The summed E-state index contributed by atoms with van der Waals surface area (Å²) in [4.78, 5) is 31.7. The minimum absolute atomic E-state index is 0.00987. The molecule has 0 aliphatic carbocycles. The Hall–Kier alpha value is -2.80. The summed E-state index contributed by atoms with van der Waals surface area (Å²) >= 11 is 0. The van der Waals surface area contributed by atoms with Gasteiger partial charge in [0, 0.05) is 18.7 Å². The first-order valence-electron chi connectivity index (χ1n) is 10.0. The highest BCUT2D eigenvalue weighted by molar-refractivity contribution is 5.97. The SMILES string of the molecule is C[C@@H](NC(=O)c1ccc(F)cc1)c1ccc2c(n1)CCCN2C(=O)[C@H]1CCCO1. The number of amides is 2. The van der Waals surface area contributed by atoms with E-state index in [0.717, 1.165) is 42.8 Å². The zero-order valence-corrected chi connectivity index (χ0v) is 16.4. The van der Waals surface area contributed by atoms with Crippen LogP contribution < -0.4 is 10.2 Å². The fraction of sp³-hybridized carbons (Fsp3) is 0.409. The Balaban J connectivity index is 1.49. The number of ether oxygens (including phenoxy) is 1. The molecule has 152 valence electrons. The second-order valence-electron chi connectivity index (χ2n) is 7.50. The van der Waals surface area contributed by atoms with E-state index in [1.54, 1.807) is 4.90 Å². The Kier molecular flexibility index (Phi) is 5.58. The molecule has 1 saturated heterocycles. The number of benzene rings is 1. The number of aromatic nitrogens is 1. The highest BCUT2D eigenvalue weighted by Crippen LogP contribution is 2.29. The second-order valence-corrected chi connectivity index (χ2v) is 7.50. The van der Waals surface area contributed by atoms with E-state index >= 15 is 0 Å². The molecule has 0 spiro atoms. The zero-order valence-electron chi connectivity index (χ0n) is 16.4. The van der Waals surface area contributed by atoms with Crippen LogP contribution in [-0.2, 0) is 16.0 Å². The molecule has 2 aliphatic heterocycles. The van der Waals surface area contributed by atoms with Crippen molar-refractivity contribution in [2.45, 2.75) is 44.8 Å². The molecule has 4 rings (SSSR count). The van der Waals surface area contributed by atoms with Crippen molar-refractivity contribution in [3.8, 4) is 0 Å². The lowest BCUT2D eigenvalue weighted by Crippen LogP contribution is -2.42. The number of hydrogen-bond acceptors (Lipinski definition) is 4. The summed E-state index contributed by atoms with van der Waals surface area (Å²) in [5, 5.41) is 2.89. The Bertz CT molecular complexity index is 910. The third-order valence-electron chi connectivity index (χ3n) is 5.43. The molecule has 2 amide bonds. The zero-order chi connectivity index (χ0) is 20.4. The largest absolute Gasteiger partial charge is 0.368 e. The van der Waals surface area contributed by atoms with Crippen LogP contribution in [0, 0.1) is 5.82 Å². The number of anilines is 1. The molecule has 0 unspecified atom stereocenters. The predicted molar refractivity (Wildman–Crippen MR) is 106 cm³/mol. The fourth-order valence-electron chi connectivity index (χ4n) is 3.84. The maximum atomic E-state index is 13.0. The molecule has 2 atom stereocenters. The molecule has 7 heteroatoms. The maximum Gasteiger partial charge on any atom is 0.256 e. The molecule has 1 N–H and O–H groups in total. The third kappa shape index (κ3) is 4.15. The number of pyridine rings is 1. The van der Waals surface area contributed by atoms with Crippen LogP contribution in [0.5, 0.6) is 0 Å². The number of halogens is 1. The summed E-state index contributed by atoms with van der Waals surface area (Å²) < 4.78 is 18.6. The van der Waals surface area contributed by atoms with Crippen molar-refractivity contribution in [1.29, 1.82) is 0 Å². The normalized spacial score (nSPS) is 19.5. The van der Waals surface area contributed by atoms with Gasteiger partial charge in [-0.3, -0.25) is 14.6 Å². The van der Waals surface area contributed by atoms with Gasteiger partial charge >= 0.3 is 0 Å². The van der Waals surface area contributed by atoms with Crippen LogP contribution in [0.4, 0.5) is 10.1 Å². The smallest absolute Gasteiger partial charge is 0.256 e. The monoisotopic (exact) mass is 397 g/mol. The Morgan fingerprint density at radius 3 is 2.72 bits per heavy atom. The quantitative estimate of drug-likeness (QED) is 0.860. The first kappa shape index (κ1) is 19.5. The molecule has 2 aromatic rings. The molecular formula is C22H24FN3O3. The number of nitrogens with one attached hydrogen (secondary N) is 1. The number of rotatable bonds is 4. The first-order chi connectivity index (χ1) is 14.0. The fourth-order valence-corrected chi connectivity index (χ4v) is 3.84. The number of nitrogens with zero attached hydrogens (tertiary/aromatic N) is 2. The standard InChI is InChI=1S/C22H24FN3O3/c1-14(24-21(27)15-6-8-16(23)9-7-15)17-10-11-19-18(25-17)4-2-12-26(19)22(28)20-5-3-13-29-20/h6-11,14,20H,2-5,12-13H2,1H3,(H,24,27)/t14-,20-/m1/s1. The van der Waals surface area contributed by atoms with Gasteiger partial charge in [0.2, 0.25) is 0 Å². The van der Waals surface area contributed by atoms with Gasteiger partial charge in [-0.15, -0.1) is 0 Å². The van der Waals surface area contributed by atoms with Gasteiger partial charge in [-0.25, -0.2) is 4.39 Å². The van der Waals surface area contributed by atoms with Crippen molar-refractivity contribution in [3.05, 3.63) is 59.2 Å². The summed E-state index contributed by atoms with van der Waals surface area (Å²) in [7, 11) is 0. The van der Waals surface area contributed by atoms with Crippen LogP contribution in [-0.4, -0.2) is 36.1 Å². The summed E-state index contributed by atoms with van der Waals surface area (Å²) in [6.45, 7) is 3.16. The van der Waals surface area contributed by atoms with Gasteiger partial charge in [0.25, 0.3) is 11.8 Å². The average Bonchev–Trinajstić information content (AvgIpc) is 3.27. The lowest BCUT2D eigenvalue weighted by Gasteiger charge is -2.31. The van der Waals surface area contributed by atoms with Crippen molar-refractivity contribution in [2.75, 3.05) is 18.1 Å². The Morgan fingerprint density at radius 1 is 1.21 bits per heavy atom. The second kappa shape index (κ2) is 8.29. The van der Waals surface area contributed by atoms with E-state index < -0.39 is 0 Å². The van der Waals surface area contributed by atoms with Crippen LogP contribution in [0.25, 0.3) is 0 Å². The molecular weight excluding hydrogens is 373 g/mol. The van der Waals surface area contributed by atoms with Crippen LogP contribution in [0.2, 0.25) is 0 Å². The molecule has 6 nitrogen and oxygen atoms in total. The van der Waals surface area contributed by atoms with Crippen molar-refractivity contribution in [2.24, 2.45) is 0 Å². The van der Waals surface area contributed by atoms with E-state index in [2.05, 4.69) is 5.32 Å². The van der Waals surface area contributed by atoms with E-state index in [9.17, 15) is 14.0 Å². The van der Waals surface area contributed by atoms with Crippen LogP contribution in [0.15, 0.2) is 36.4 Å². The van der Waals surface area contributed by atoms with E-state index in [0.29, 0.717) is 18.7 Å². The molecule has 1 aromatic heterocycles. The average molecular weight is 397 g/mol. The first-order valence-corrected chi connectivity index (χ1v) is 10.0. The molecule has 29 heavy (non-hydrogen) atoms. The van der Waals surface area contributed by atoms with Gasteiger partial charge in [0.05, 0.1) is 23.1 Å². The van der Waals surface area contributed by atoms with Gasteiger partial charge in [-0.05, 0) is 69.0 Å². The summed E-state index contributed by atoms with van der Waals surface area (Å²) in [5.41, 5.74) is 2.82. The minimum atomic E-state index is -0.381. The number of fused-ring (bicyclic) bond motifs is 1. The lowest BCUT2D eigenvalue weighted by molar-refractivity contribution is -0.127. The van der Waals surface area contributed by atoms with E-state index in [-0.39, 0.29) is 29.8 Å². The van der Waals surface area contributed by atoms with Crippen LogP contribution >= 0.6 is 0 Å². The van der Waals surface area contributed by atoms with Gasteiger partial charge in [-0.1, -0.05) is 0 Å². The molecule has 0 bridgehead atoms. The highest BCUT2D eigenvalue weighted by Gasteiger charge is 2.32. The van der Waals surface area contributed by atoms with Gasteiger partial charge in [-0.2, -0.15) is 0 Å². The molecule has 1 fully saturated rings. The third-order valence-corrected chi connectivity index (χ3v) is 5.43. The van der Waals surface area contributed by atoms with E-state index in [1.165, 1.54) is 24.3 Å². The lowest BCUT2D eigenvalue weighted by atomic mass is 10.0. The van der Waals surface area contributed by atoms with Crippen molar-refractivity contribution < 1.29 is 18.7 Å². The number of hydrogen-bond donors (Lipinski definition) is 1. The molecule has 1 aromatic carbocycles. The predicted octanol–water partition coefficient (Wildman–Crippen LogP) is 3.17. The van der Waals surface area contributed by atoms with Crippen molar-refractivity contribution in [3.63, 3.8) is 0 Å².